The molecule has 0 atom stereocenters. The molecular weight excluding hydrogens is 1550 g/mol. The topological polar surface area (TPSA) is 216 Å². The van der Waals surface area contributed by atoms with Gasteiger partial charge in [-0.05, 0) is 163 Å². The van der Waals surface area contributed by atoms with Crippen LogP contribution in [0.3, 0.4) is 0 Å². The Morgan fingerprint density at radius 3 is 1.03 bits per heavy atom. The molecule has 0 fully saturated rings. The summed E-state index contributed by atoms with van der Waals surface area (Å²) in [6, 6.07) is 43.9. The molecule has 0 bridgehead atoms. The van der Waals surface area contributed by atoms with Crippen molar-refractivity contribution in [2.45, 2.75) is 70.9 Å². The van der Waals surface area contributed by atoms with Crippen molar-refractivity contribution in [3.8, 4) is 37.1 Å². The second kappa shape index (κ2) is 37.4. The van der Waals surface area contributed by atoms with Gasteiger partial charge in [0.25, 0.3) is 16.7 Å². The third-order valence-electron chi connectivity index (χ3n) is 15.8. The van der Waals surface area contributed by atoms with Crippen LogP contribution in [0.25, 0.3) is 62.0 Å². The number of aliphatic hydroxyl groups is 1. The van der Waals surface area contributed by atoms with Crippen LogP contribution in [0.5, 0.6) is 5.75 Å². The minimum Gasteiger partial charge on any atom is -1.00 e. The van der Waals surface area contributed by atoms with Gasteiger partial charge in [0, 0.05) is 119 Å². The first-order chi connectivity index (χ1) is 47.3. The van der Waals surface area contributed by atoms with E-state index >= 15 is 0 Å². The molecule has 0 aliphatic carbocycles. The third-order valence-corrected chi connectivity index (χ3v) is 21.9. The minimum atomic E-state index is -0.425. The molecule has 2 N–H and O–H groups in total. The molecule has 0 unspecified atom stereocenters. The molecule has 0 amide bonds. The fraction of sp³-hybridized carbons (Fsp3) is 0.211. The van der Waals surface area contributed by atoms with Crippen molar-refractivity contribution in [1.82, 2.24) is 27.4 Å². The van der Waals surface area contributed by atoms with E-state index in [1.165, 1.54) is 66.1 Å². The summed E-state index contributed by atoms with van der Waals surface area (Å²) in [5.41, 5.74) is 5.07. The van der Waals surface area contributed by atoms with E-state index in [1.54, 1.807) is 69.7 Å². The van der Waals surface area contributed by atoms with Crippen molar-refractivity contribution in [3.05, 3.63) is 266 Å². The second-order valence-electron chi connectivity index (χ2n) is 22.6. The van der Waals surface area contributed by atoms with Crippen LogP contribution in [0, 0.1) is 0 Å². The molecule has 4 radical (unpaired) electrons. The Bertz CT molecular complexity index is 5350. The zero-order valence-electron chi connectivity index (χ0n) is 56.2. The first kappa shape index (κ1) is 81.9. The molecule has 30 heteroatoms. The van der Waals surface area contributed by atoms with E-state index in [4.69, 9.17) is 74.6 Å². The van der Waals surface area contributed by atoms with Crippen LogP contribution in [0.15, 0.2) is 174 Å². The Labute approximate surface area is 656 Å². The predicted octanol–water partition coefficient (Wildman–Crippen LogP) is 12.0. The van der Waals surface area contributed by atoms with Crippen LogP contribution in [0.2, 0.25) is 30.1 Å². The van der Waals surface area contributed by atoms with Crippen LogP contribution in [-0.2, 0) is 68.5 Å². The second-order valence-corrected chi connectivity index (χ2v) is 28.8. The molecule has 0 aliphatic rings. The van der Waals surface area contributed by atoms with Gasteiger partial charge in [0.1, 0.15) is 31.8 Å². The van der Waals surface area contributed by atoms with E-state index in [-0.39, 0.29) is 112 Å². The van der Waals surface area contributed by atoms with Gasteiger partial charge in [-0.3, -0.25) is 51.4 Å². The molecular formula is C71H62B2BrCl6N6NaO11S3. The van der Waals surface area contributed by atoms with Gasteiger partial charge in [0.05, 0.1) is 16.2 Å². The maximum Gasteiger partial charge on any atom is 1.00 e. The number of alkyl halides is 1. The number of ketones is 2. The van der Waals surface area contributed by atoms with Crippen molar-refractivity contribution < 1.29 is 55.4 Å². The van der Waals surface area contributed by atoms with Crippen molar-refractivity contribution >= 4 is 178 Å². The summed E-state index contributed by atoms with van der Waals surface area (Å²) in [6.07, 6.45) is 1.62. The maximum absolute atomic E-state index is 13.5. The molecule has 6 aromatic carbocycles. The van der Waals surface area contributed by atoms with E-state index in [0.717, 1.165) is 68.3 Å². The summed E-state index contributed by atoms with van der Waals surface area (Å²) < 4.78 is 12.6. The molecule has 12 rings (SSSR count). The number of rotatable bonds is 19. The van der Waals surface area contributed by atoms with Gasteiger partial charge >= 0.3 is 54.3 Å². The van der Waals surface area contributed by atoms with E-state index in [9.17, 15) is 43.5 Å². The van der Waals surface area contributed by atoms with Crippen LogP contribution in [0.4, 0.5) is 0 Å². The number of aryl methyl sites for hydroxylation is 3. The number of aliphatic hydroxyl groups excluding tert-OH is 1. The van der Waals surface area contributed by atoms with Crippen LogP contribution in [0.1, 0.15) is 62.4 Å². The minimum absolute atomic E-state index is 0. The largest absolute Gasteiger partial charge is 1.00 e. The van der Waals surface area contributed by atoms with E-state index in [2.05, 4.69) is 20.6 Å². The molecule has 6 heterocycles. The van der Waals surface area contributed by atoms with E-state index < -0.39 is 11.4 Å². The number of benzene rings is 6. The van der Waals surface area contributed by atoms with Gasteiger partial charge < -0.3 is 16.2 Å². The van der Waals surface area contributed by atoms with Crippen LogP contribution < -0.4 is 68.0 Å². The van der Waals surface area contributed by atoms with Gasteiger partial charge in [-0.15, -0.1) is 34.0 Å². The van der Waals surface area contributed by atoms with Crippen LogP contribution >= 0.6 is 120 Å². The fourth-order valence-electron chi connectivity index (χ4n) is 10.7. The SMILES string of the molecule is CC(=O)CCn1c(=O)c2c(CBr)c(-c3ccc(Cl)cc3)sc2n(C)c1=O.CC(=O)CCn1c(=O)c2c(Cc3ccc(Cl)cc3)c(-c3ccc(Cl)cc3)sc2n(C)c1=O.Cn1c(=O)n(CCCO)c(=O)c2c(Cc3ccc(Cl)cc3)c(-c3ccc(Cl)cc3)sc21.O[B]Oc1ccc(Cl)cc1.[B].[H-].[Na+]. The Kier molecular flexibility index (Phi) is 30.3. The van der Waals surface area contributed by atoms with Crippen molar-refractivity contribution in [2.75, 3.05) is 6.61 Å². The summed E-state index contributed by atoms with van der Waals surface area (Å²) in [7, 11) is 5.61. The normalized spacial score (nSPS) is 10.8. The molecule has 12 aromatic rings. The molecule has 0 saturated heterocycles. The standard InChI is InChI=1S/C24H20Cl2N2O3S.C23H20Cl2N2O3S.C18H16BrClN2O3S.C6H5BClO2.B.Na.H/c1-14(29)11-12-28-22(30)20-19(13-15-3-7-17(25)8-4-15)21(16-5-9-18(26)10-6-16)32-23(20)27(2)24(28)31;1-26-22-19(21(29)27(23(26)30)11-2-12-28)18(13-14-3-7-16(24)8-4-14)20(31-22)15-5-9-17(25)10-6-15;1-10(23)7-8-22-16(24)14-13(9-19)15(11-3-5-12(20)6-4-11)26-17(14)21(2)18(22)25;8-5-1-3-6(4-2-5)10-7-9;;;/h3-10H,11-13H2,1-2H3;3-10,28H,2,11-13H2,1H3;3-6H,7-9H2,1-2H3;1-4,9H;;;/q;;;;;+1;-1. The molecule has 516 valence electrons. The number of fused-ring (bicyclic) bond motifs is 3. The first-order valence-electron chi connectivity index (χ1n) is 30.4. The Morgan fingerprint density at radius 2 is 0.743 bits per heavy atom. The number of hydrogen-bond donors (Lipinski definition) is 2. The number of nitrogens with zero attached hydrogens (tertiary/aromatic N) is 6. The van der Waals surface area contributed by atoms with E-state index in [0.29, 0.717) is 98.8 Å². The van der Waals surface area contributed by atoms with Gasteiger partial charge in [-0.1, -0.05) is 146 Å². The fourth-order valence-corrected chi connectivity index (χ4v) is 16.0. The summed E-state index contributed by atoms with van der Waals surface area (Å²) in [4.78, 5) is 106. The number of halogens is 7. The smallest absolute Gasteiger partial charge is 1.00 e. The van der Waals surface area contributed by atoms with Gasteiger partial charge in [-0.25, -0.2) is 14.4 Å². The Balaban J connectivity index is 0.000000223. The van der Waals surface area contributed by atoms with Crippen molar-refractivity contribution in [2.24, 2.45) is 21.1 Å². The summed E-state index contributed by atoms with van der Waals surface area (Å²) in [5, 5.41) is 23.2. The summed E-state index contributed by atoms with van der Waals surface area (Å²) in [5.74, 6) is 0.423. The predicted molar refractivity (Wildman–Crippen MR) is 416 cm³/mol. The van der Waals surface area contributed by atoms with E-state index in [1.807, 2.05) is 97.1 Å². The summed E-state index contributed by atoms with van der Waals surface area (Å²) >= 11 is 43.5. The monoisotopic (exact) mass is 1600 g/mol. The van der Waals surface area contributed by atoms with Gasteiger partial charge in [-0.2, -0.15) is 0 Å². The average Bonchev–Trinajstić information content (AvgIpc) is 1.61. The van der Waals surface area contributed by atoms with Crippen molar-refractivity contribution in [1.29, 1.82) is 0 Å². The zero-order valence-corrected chi connectivity index (χ0v) is 65.8. The molecule has 0 spiro atoms. The van der Waals surface area contributed by atoms with Crippen LogP contribution in [-0.4, -0.2) is 71.8 Å². The number of thiophene rings is 3. The molecule has 6 aromatic heterocycles. The summed E-state index contributed by atoms with van der Waals surface area (Å²) in [6.45, 7) is 3.12. The van der Waals surface area contributed by atoms with Crippen molar-refractivity contribution in [3.63, 3.8) is 0 Å². The molecule has 0 saturated carbocycles. The number of carbonyl (C=O) groups excluding carboxylic acids is 2. The molecule has 101 heavy (non-hydrogen) atoms. The first-order valence-corrected chi connectivity index (χ1v) is 36.2. The third kappa shape index (κ3) is 19.5. The molecule has 17 nitrogen and oxygen atoms in total. The number of aromatic nitrogens is 6. The van der Waals surface area contributed by atoms with Gasteiger partial charge in [0.2, 0.25) is 0 Å². The average molecular weight is 1610 g/mol. The maximum atomic E-state index is 13.5. The quantitative estimate of drug-likeness (QED) is 0.0573. The molecule has 0 aliphatic heterocycles. The number of carbonyl (C=O) groups is 2. The zero-order chi connectivity index (χ0) is 71.5. The number of Topliss-reactive ketones (excluding diaryl/α,β-unsaturated/α-hetero) is 2. The Hall–Kier alpha value is -6.35. The number of hydrogen-bond acceptors (Lipinski definition) is 14. The Morgan fingerprint density at radius 1 is 0.465 bits per heavy atom. The van der Waals surface area contributed by atoms with Gasteiger partial charge in [0.15, 0.2) is 0 Å².